The molecule has 0 bridgehead atoms. The molecule has 0 fully saturated rings. The predicted octanol–water partition coefficient (Wildman–Crippen LogP) is 3.10. The Hall–Kier alpha value is -0.980. The number of hydrogen-bond donors (Lipinski definition) is 0. The SMILES string of the molecule is CCS(=O)(=O)N(CC(=O)OC(C)C)c1c(Cl)cccc1Cl. The minimum Gasteiger partial charge on any atom is -0.462 e. The molecule has 1 aromatic carbocycles. The minimum absolute atomic E-state index is 0.0865. The van der Waals surface area contributed by atoms with Crippen molar-refractivity contribution in [2.45, 2.75) is 26.9 Å². The summed E-state index contributed by atoms with van der Waals surface area (Å²) in [6, 6.07) is 4.61. The van der Waals surface area contributed by atoms with E-state index >= 15 is 0 Å². The fourth-order valence-corrected chi connectivity index (χ4v) is 3.41. The second-order valence-corrected chi connectivity index (χ2v) is 7.51. The molecule has 0 saturated heterocycles. The van der Waals surface area contributed by atoms with E-state index in [1.807, 2.05) is 0 Å². The van der Waals surface area contributed by atoms with Crippen molar-refractivity contribution in [3.05, 3.63) is 28.2 Å². The third kappa shape index (κ3) is 4.76. The number of rotatable bonds is 6. The lowest BCUT2D eigenvalue weighted by Crippen LogP contribution is -2.38. The van der Waals surface area contributed by atoms with Crippen molar-refractivity contribution in [2.75, 3.05) is 16.6 Å². The first kappa shape index (κ1) is 18.1. The summed E-state index contributed by atoms with van der Waals surface area (Å²) < 4.78 is 30.3. The van der Waals surface area contributed by atoms with E-state index in [0.29, 0.717) is 0 Å². The number of ether oxygens (including phenoxy) is 1. The molecule has 0 aliphatic carbocycles. The third-order valence-electron chi connectivity index (χ3n) is 2.53. The van der Waals surface area contributed by atoms with Gasteiger partial charge >= 0.3 is 5.97 Å². The van der Waals surface area contributed by atoms with Crippen LogP contribution in [-0.4, -0.2) is 32.8 Å². The Morgan fingerprint density at radius 3 is 2.24 bits per heavy atom. The molecule has 118 valence electrons. The van der Waals surface area contributed by atoms with Crippen molar-refractivity contribution in [1.29, 1.82) is 0 Å². The van der Waals surface area contributed by atoms with Crippen LogP contribution in [0.25, 0.3) is 0 Å². The molecular weight excluding hydrogens is 337 g/mol. The summed E-state index contributed by atoms with van der Waals surface area (Å²) in [6.45, 7) is 4.36. The van der Waals surface area contributed by atoms with E-state index in [-0.39, 0.29) is 27.6 Å². The summed E-state index contributed by atoms with van der Waals surface area (Å²) >= 11 is 12.1. The van der Waals surface area contributed by atoms with Crippen LogP contribution in [0.1, 0.15) is 20.8 Å². The number of carbonyl (C=O) groups excluding carboxylic acids is 1. The number of para-hydroxylation sites is 1. The molecule has 21 heavy (non-hydrogen) atoms. The van der Waals surface area contributed by atoms with Crippen molar-refractivity contribution in [1.82, 2.24) is 0 Å². The molecule has 0 atom stereocenters. The van der Waals surface area contributed by atoms with Crippen LogP contribution in [-0.2, 0) is 19.6 Å². The van der Waals surface area contributed by atoms with E-state index in [4.69, 9.17) is 27.9 Å². The Morgan fingerprint density at radius 1 is 1.29 bits per heavy atom. The zero-order valence-electron chi connectivity index (χ0n) is 12.0. The predicted molar refractivity (Wildman–Crippen MR) is 84.5 cm³/mol. The highest BCUT2D eigenvalue weighted by Gasteiger charge is 2.28. The molecule has 0 aromatic heterocycles. The van der Waals surface area contributed by atoms with Crippen molar-refractivity contribution in [2.24, 2.45) is 0 Å². The van der Waals surface area contributed by atoms with Gasteiger partial charge in [0, 0.05) is 0 Å². The summed E-state index contributed by atoms with van der Waals surface area (Å²) in [7, 11) is -3.73. The summed E-state index contributed by atoms with van der Waals surface area (Å²) in [5, 5.41) is 0.300. The summed E-state index contributed by atoms with van der Waals surface area (Å²) in [4.78, 5) is 11.8. The maximum atomic E-state index is 12.2. The van der Waals surface area contributed by atoms with Gasteiger partial charge < -0.3 is 4.74 Å². The van der Waals surface area contributed by atoms with Gasteiger partial charge in [-0.2, -0.15) is 0 Å². The van der Waals surface area contributed by atoms with Crippen molar-refractivity contribution in [3.63, 3.8) is 0 Å². The van der Waals surface area contributed by atoms with Gasteiger partial charge in [0.1, 0.15) is 6.54 Å². The number of benzene rings is 1. The molecule has 0 aliphatic rings. The molecule has 8 heteroatoms. The standard InChI is InChI=1S/C13H17Cl2NO4S/c1-4-21(18,19)16(8-12(17)20-9(2)3)13-10(14)6-5-7-11(13)15/h5-7,9H,4,8H2,1-3H3. The molecule has 0 aliphatic heterocycles. The lowest BCUT2D eigenvalue weighted by molar-refractivity contribution is -0.145. The fraction of sp³-hybridized carbons (Fsp3) is 0.462. The van der Waals surface area contributed by atoms with Gasteiger partial charge in [-0.3, -0.25) is 9.10 Å². The molecule has 1 rings (SSSR count). The zero-order valence-corrected chi connectivity index (χ0v) is 14.3. The summed E-state index contributed by atoms with van der Waals surface area (Å²) in [5.74, 6) is -0.859. The molecule has 0 amide bonds. The minimum atomic E-state index is -3.73. The van der Waals surface area contributed by atoms with Crippen LogP contribution in [0.5, 0.6) is 0 Å². The molecule has 0 saturated carbocycles. The Kier molecular flexibility index (Phi) is 6.31. The highest BCUT2D eigenvalue weighted by molar-refractivity contribution is 7.92. The number of esters is 1. The van der Waals surface area contributed by atoms with Crippen molar-refractivity contribution < 1.29 is 17.9 Å². The van der Waals surface area contributed by atoms with Crippen LogP contribution in [0.15, 0.2) is 18.2 Å². The lowest BCUT2D eigenvalue weighted by atomic mass is 10.3. The number of anilines is 1. The molecule has 5 nitrogen and oxygen atoms in total. The van der Waals surface area contributed by atoms with Gasteiger partial charge in [-0.25, -0.2) is 8.42 Å². The van der Waals surface area contributed by atoms with Gasteiger partial charge in [0.15, 0.2) is 0 Å². The summed E-state index contributed by atoms with van der Waals surface area (Å²) in [6.07, 6.45) is -0.342. The van der Waals surface area contributed by atoms with E-state index in [1.54, 1.807) is 19.9 Å². The highest BCUT2D eigenvalue weighted by Crippen LogP contribution is 2.35. The number of carbonyl (C=O) groups is 1. The maximum absolute atomic E-state index is 12.2. The molecule has 0 unspecified atom stereocenters. The largest absolute Gasteiger partial charge is 0.462 e. The number of halogens is 2. The Labute approximate surface area is 134 Å². The van der Waals surface area contributed by atoms with E-state index in [2.05, 4.69) is 0 Å². The van der Waals surface area contributed by atoms with Gasteiger partial charge in [0.05, 0.1) is 27.6 Å². The monoisotopic (exact) mass is 353 g/mol. The van der Waals surface area contributed by atoms with Gasteiger partial charge in [-0.15, -0.1) is 0 Å². The van der Waals surface area contributed by atoms with Crippen LogP contribution in [0.3, 0.4) is 0 Å². The van der Waals surface area contributed by atoms with Crippen molar-refractivity contribution >= 4 is 44.9 Å². The second kappa shape index (κ2) is 7.33. The van der Waals surface area contributed by atoms with E-state index in [9.17, 15) is 13.2 Å². The second-order valence-electron chi connectivity index (χ2n) is 4.52. The molecule has 0 N–H and O–H groups in total. The van der Waals surface area contributed by atoms with Gasteiger partial charge in [0.2, 0.25) is 10.0 Å². The Balaban J connectivity index is 3.25. The fourth-order valence-electron chi connectivity index (χ4n) is 1.62. The molecule has 1 aromatic rings. The van der Waals surface area contributed by atoms with Gasteiger partial charge in [-0.05, 0) is 32.9 Å². The topological polar surface area (TPSA) is 63.7 Å². The quantitative estimate of drug-likeness (QED) is 0.737. The molecule has 0 spiro atoms. The molecule has 0 radical (unpaired) electrons. The number of sulfonamides is 1. The molecular formula is C13H17Cl2NO4S. The van der Waals surface area contributed by atoms with Crippen LogP contribution < -0.4 is 4.31 Å². The molecule has 0 heterocycles. The normalized spacial score (nSPS) is 11.5. The van der Waals surface area contributed by atoms with Gasteiger partial charge in [-0.1, -0.05) is 29.3 Å². The number of nitrogens with zero attached hydrogens (tertiary/aromatic N) is 1. The Bertz CT molecular complexity index is 596. The van der Waals surface area contributed by atoms with E-state index in [0.717, 1.165) is 4.31 Å². The first-order valence-corrected chi connectivity index (χ1v) is 8.69. The van der Waals surface area contributed by atoms with Crippen LogP contribution in [0.2, 0.25) is 10.0 Å². The first-order valence-electron chi connectivity index (χ1n) is 6.33. The third-order valence-corrected chi connectivity index (χ3v) is 4.85. The number of hydrogen-bond acceptors (Lipinski definition) is 4. The smallest absolute Gasteiger partial charge is 0.327 e. The maximum Gasteiger partial charge on any atom is 0.327 e. The van der Waals surface area contributed by atoms with Crippen LogP contribution in [0.4, 0.5) is 5.69 Å². The Morgan fingerprint density at radius 2 is 1.81 bits per heavy atom. The van der Waals surface area contributed by atoms with Crippen LogP contribution >= 0.6 is 23.2 Å². The van der Waals surface area contributed by atoms with Crippen molar-refractivity contribution in [3.8, 4) is 0 Å². The van der Waals surface area contributed by atoms with Crippen LogP contribution in [0, 0.1) is 0 Å². The highest BCUT2D eigenvalue weighted by atomic mass is 35.5. The zero-order chi connectivity index (χ0) is 16.2. The van der Waals surface area contributed by atoms with E-state index in [1.165, 1.54) is 19.1 Å². The summed E-state index contributed by atoms with van der Waals surface area (Å²) in [5.41, 5.74) is 0.0865. The average Bonchev–Trinajstić information content (AvgIpc) is 2.36. The van der Waals surface area contributed by atoms with Gasteiger partial charge in [0.25, 0.3) is 0 Å². The first-order chi connectivity index (χ1) is 9.69. The average molecular weight is 354 g/mol. The lowest BCUT2D eigenvalue weighted by Gasteiger charge is -2.25. The van der Waals surface area contributed by atoms with E-state index < -0.39 is 22.5 Å².